The van der Waals surface area contributed by atoms with E-state index in [0.717, 1.165) is 56.2 Å². The standard InChI is InChI=1S/2C25H26N2O2.BFO2/c2*1-26(2)22-12-7-19(8-13-22)5-6-21-17-24(29-25(28)18-21)16-11-20-9-14-23(15-10-20)27(3)4;2-1(3)4/h2*5-18H,1-4H3;/q;;-2/p+2. The second-order valence-corrected chi connectivity index (χ2v) is 14.8. The maximum atomic E-state index is 9.94. The number of halogens is 1. The normalized spacial score (nSPS) is 16.6. The van der Waals surface area contributed by atoms with Crippen LogP contribution < -0.4 is 19.8 Å². The Morgan fingerprint density at radius 2 is 0.839 bits per heavy atom. The molecule has 2 aliphatic carbocycles. The molecule has 2 aliphatic heterocycles. The molecule has 0 amide bonds. The predicted molar refractivity (Wildman–Crippen MR) is 249 cm³/mol. The summed E-state index contributed by atoms with van der Waals surface area (Å²) in [4.78, 5) is 4.13. The lowest BCUT2D eigenvalue weighted by molar-refractivity contribution is -0.462. The van der Waals surface area contributed by atoms with Gasteiger partial charge in [0, 0.05) is 76.0 Å². The molecule has 0 fully saturated rings. The van der Waals surface area contributed by atoms with Gasteiger partial charge in [0.1, 0.15) is 47.1 Å². The minimum atomic E-state index is -3.17. The van der Waals surface area contributed by atoms with Crippen molar-refractivity contribution >= 4 is 42.3 Å². The van der Waals surface area contributed by atoms with Crippen LogP contribution in [0.3, 0.4) is 0 Å². The number of benzene rings is 2. The van der Waals surface area contributed by atoms with Gasteiger partial charge < -0.3 is 43.9 Å². The lowest BCUT2D eigenvalue weighted by Crippen LogP contribution is -2.39. The molecule has 10 nitrogen and oxygen atoms in total. The van der Waals surface area contributed by atoms with E-state index in [1.807, 2.05) is 141 Å². The maximum Gasteiger partial charge on any atom is 0.282 e. The fraction of sp³-hybridized carbons (Fsp3) is 0.160. The molecule has 320 valence electrons. The molecule has 0 unspecified atom stereocenters. The highest BCUT2D eigenvalue weighted by atomic mass is 19.1. The molecule has 0 bridgehead atoms. The molecule has 0 saturated heterocycles. The molecule has 12 heteroatoms. The van der Waals surface area contributed by atoms with Crippen molar-refractivity contribution in [3.05, 3.63) is 215 Å². The molecule has 2 N–H and O–H groups in total. The number of aliphatic hydroxyl groups is 2. The molecule has 0 saturated carbocycles. The Kier molecular flexibility index (Phi) is 18.1. The Morgan fingerprint density at radius 1 is 0.516 bits per heavy atom. The third kappa shape index (κ3) is 16.5. The molecular weight excluding hydrogens is 782 g/mol. The zero-order valence-electron chi connectivity index (χ0n) is 36.4. The highest BCUT2D eigenvalue weighted by molar-refractivity contribution is 6.27. The second kappa shape index (κ2) is 23.6. The van der Waals surface area contributed by atoms with Crippen LogP contribution in [0, 0.1) is 0 Å². The van der Waals surface area contributed by atoms with Gasteiger partial charge in [-0.15, -0.1) is 0 Å². The van der Waals surface area contributed by atoms with Gasteiger partial charge in [0.25, 0.3) is 11.9 Å². The Morgan fingerprint density at radius 3 is 1.13 bits per heavy atom. The second-order valence-electron chi connectivity index (χ2n) is 14.8. The van der Waals surface area contributed by atoms with Crippen LogP contribution >= 0.6 is 0 Å². The van der Waals surface area contributed by atoms with Crippen molar-refractivity contribution in [2.45, 2.75) is 0 Å². The van der Waals surface area contributed by atoms with E-state index in [0.29, 0.717) is 11.5 Å². The van der Waals surface area contributed by atoms with Crippen molar-refractivity contribution in [3.63, 3.8) is 0 Å². The summed E-state index contributed by atoms with van der Waals surface area (Å²) in [5.41, 5.74) is 10.7. The van der Waals surface area contributed by atoms with Crippen LogP contribution in [-0.4, -0.2) is 94.6 Å². The van der Waals surface area contributed by atoms with Gasteiger partial charge in [-0.25, -0.2) is 9.15 Å². The summed E-state index contributed by atoms with van der Waals surface area (Å²) in [6, 6.07) is 16.6. The number of ether oxygens (including phenoxy) is 2. The van der Waals surface area contributed by atoms with Crippen LogP contribution in [0.15, 0.2) is 204 Å². The summed E-state index contributed by atoms with van der Waals surface area (Å²) in [6.45, 7) is 0. The number of nitrogens with zero attached hydrogens (tertiary/aromatic N) is 4. The minimum Gasteiger partial charge on any atom is -0.867 e. The van der Waals surface area contributed by atoms with E-state index in [1.165, 1.54) is 0 Å². The molecule has 0 radical (unpaired) electrons. The number of hydrogen-bond donors (Lipinski definition) is 2. The van der Waals surface area contributed by atoms with Gasteiger partial charge in [0.2, 0.25) is 0 Å². The fourth-order valence-corrected chi connectivity index (χ4v) is 5.69. The summed E-state index contributed by atoms with van der Waals surface area (Å²) in [6.07, 6.45) is 39.0. The highest BCUT2D eigenvalue weighted by Crippen LogP contribution is 2.23. The van der Waals surface area contributed by atoms with E-state index in [-0.39, 0.29) is 11.9 Å². The van der Waals surface area contributed by atoms with Crippen molar-refractivity contribution in [3.8, 4) is 0 Å². The molecule has 0 atom stereocenters. The van der Waals surface area contributed by atoms with Crippen LogP contribution in [0.2, 0.25) is 0 Å². The summed E-state index contributed by atoms with van der Waals surface area (Å²) in [7, 11) is 13.0. The average molecular weight is 837 g/mol. The van der Waals surface area contributed by atoms with Crippen molar-refractivity contribution in [2.24, 2.45) is 0 Å². The molecule has 62 heavy (non-hydrogen) atoms. The maximum absolute atomic E-state index is 9.94. The molecular formula is C50H54BFN4O6. The van der Waals surface area contributed by atoms with E-state index in [9.17, 15) is 14.5 Å². The monoisotopic (exact) mass is 836 g/mol. The molecule has 2 heterocycles. The first-order valence-corrected chi connectivity index (χ1v) is 19.7. The Bertz CT molecular complexity index is 2220. The largest absolute Gasteiger partial charge is 0.867 e. The number of allylic oxidation sites excluding steroid dienone is 22. The third-order valence-electron chi connectivity index (χ3n) is 9.10. The lowest BCUT2D eigenvalue weighted by Gasteiger charge is -2.12. The third-order valence-corrected chi connectivity index (χ3v) is 9.10. The van der Waals surface area contributed by atoms with Crippen LogP contribution in [0.1, 0.15) is 11.1 Å². The number of hydrogen-bond acceptors (Lipinski definition) is 8. The SMILES string of the molecule is CN(C)c1ccc(C=CC2=CC(=CC=C3C=CC(=[N+](C)C)C=C3)OC(O)=C2)cc1.CN(C)c1ccc(C=CC2=CC(=CC=C3C=CC(=[N+](C)C)C=C3)OC(O)=C2)cc1.[O-]B([O-])F. The minimum absolute atomic E-state index is 0.113. The summed E-state index contributed by atoms with van der Waals surface area (Å²) in [5.74, 6) is 0.948. The Labute approximate surface area is 365 Å². The van der Waals surface area contributed by atoms with Gasteiger partial charge in [-0.05, 0) is 106 Å². The number of rotatable bonds is 8. The summed E-state index contributed by atoms with van der Waals surface area (Å²) >= 11 is 0. The lowest BCUT2D eigenvalue weighted by atomic mass is 10.1. The Hall–Kier alpha value is -7.15. The first-order valence-electron chi connectivity index (χ1n) is 19.7. The first kappa shape index (κ1) is 47.5. The summed E-state index contributed by atoms with van der Waals surface area (Å²) in [5, 5.41) is 36.5. The van der Waals surface area contributed by atoms with E-state index in [4.69, 9.17) is 19.5 Å². The van der Waals surface area contributed by atoms with E-state index < -0.39 is 7.40 Å². The predicted octanol–water partition coefficient (Wildman–Crippen LogP) is 7.20. The van der Waals surface area contributed by atoms with Crippen LogP contribution in [-0.2, 0) is 9.47 Å². The molecule has 6 rings (SSSR count). The molecule has 2 aromatic carbocycles. The molecule has 2 aromatic rings. The van der Waals surface area contributed by atoms with Gasteiger partial charge >= 0.3 is 0 Å². The van der Waals surface area contributed by atoms with Gasteiger partial charge in [0.15, 0.2) is 11.4 Å². The van der Waals surface area contributed by atoms with Crippen molar-refractivity contribution in [2.75, 3.05) is 66.2 Å². The van der Waals surface area contributed by atoms with Crippen LogP contribution in [0.5, 0.6) is 0 Å². The quantitative estimate of drug-likeness (QED) is 0.212. The van der Waals surface area contributed by atoms with E-state index in [2.05, 4.69) is 91.8 Å². The highest BCUT2D eigenvalue weighted by Gasteiger charge is 2.10. The molecule has 4 aliphatic rings. The molecule has 0 spiro atoms. The Balaban J connectivity index is 0.000000251. The van der Waals surface area contributed by atoms with Crippen molar-refractivity contribution in [1.82, 2.24) is 0 Å². The van der Waals surface area contributed by atoms with Crippen molar-refractivity contribution < 1.29 is 43.2 Å². The number of aliphatic hydroxyl groups excluding tert-OH is 2. The topological polar surface area (TPSA) is 118 Å². The van der Waals surface area contributed by atoms with Crippen LogP contribution in [0.4, 0.5) is 15.7 Å². The molecule has 0 aromatic heterocycles. The van der Waals surface area contributed by atoms with Crippen LogP contribution in [0.25, 0.3) is 12.2 Å². The zero-order chi connectivity index (χ0) is 45.2. The fourth-order valence-electron chi connectivity index (χ4n) is 5.69. The van der Waals surface area contributed by atoms with Gasteiger partial charge in [-0.2, -0.15) is 0 Å². The zero-order valence-corrected chi connectivity index (χ0v) is 36.4. The smallest absolute Gasteiger partial charge is 0.282 e. The van der Waals surface area contributed by atoms with Gasteiger partial charge in [-0.3, -0.25) is 0 Å². The average Bonchev–Trinajstić information content (AvgIpc) is 3.24. The van der Waals surface area contributed by atoms with E-state index >= 15 is 0 Å². The van der Waals surface area contributed by atoms with Gasteiger partial charge in [-0.1, -0.05) is 60.7 Å². The first-order chi connectivity index (χ1) is 29.5. The number of anilines is 2. The van der Waals surface area contributed by atoms with Crippen molar-refractivity contribution in [1.29, 1.82) is 0 Å². The van der Waals surface area contributed by atoms with E-state index in [1.54, 1.807) is 12.2 Å². The van der Waals surface area contributed by atoms with Gasteiger partial charge in [0.05, 0.1) is 0 Å². The summed E-state index contributed by atoms with van der Waals surface area (Å²) < 4.78 is 24.8.